The van der Waals surface area contributed by atoms with Crippen molar-refractivity contribution in [2.45, 2.75) is 0 Å². The quantitative estimate of drug-likeness (QED) is 0.327. The van der Waals surface area contributed by atoms with Crippen LogP contribution in [0.15, 0.2) is 29.5 Å². The second kappa shape index (κ2) is 7.61. The summed E-state index contributed by atoms with van der Waals surface area (Å²) in [5.74, 6) is -2.44. The van der Waals surface area contributed by atoms with E-state index in [9.17, 15) is 24.5 Å². The number of rotatable bonds is 7. The Morgan fingerprint density at radius 3 is 2.69 bits per heavy atom. The van der Waals surface area contributed by atoms with Crippen LogP contribution in [0.4, 0.5) is 11.4 Å². The summed E-state index contributed by atoms with van der Waals surface area (Å²) in [4.78, 5) is 47.7. The van der Waals surface area contributed by atoms with E-state index in [1.807, 2.05) is 0 Å². The summed E-state index contributed by atoms with van der Waals surface area (Å²) in [5.41, 5.74) is 3.87. The van der Waals surface area contributed by atoms with Crippen molar-refractivity contribution in [1.29, 1.82) is 0 Å². The summed E-state index contributed by atoms with van der Waals surface area (Å²) < 4.78 is 4.63. The maximum atomic E-state index is 12.5. The van der Waals surface area contributed by atoms with Crippen molar-refractivity contribution < 1.29 is 29.2 Å². The molecule has 1 aliphatic rings. The predicted molar refractivity (Wildman–Crippen MR) is 87.9 cm³/mol. The molecule has 0 bridgehead atoms. The van der Waals surface area contributed by atoms with Gasteiger partial charge in [-0.05, 0) is 6.07 Å². The van der Waals surface area contributed by atoms with E-state index < -0.39 is 28.4 Å². The average molecular weight is 364 g/mol. The molecule has 2 rings (SSSR count). The van der Waals surface area contributed by atoms with Crippen LogP contribution >= 0.6 is 0 Å². The van der Waals surface area contributed by atoms with Crippen LogP contribution in [0.1, 0.15) is 10.4 Å². The third kappa shape index (κ3) is 3.47. The van der Waals surface area contributed by atoms with Crippen molar-refractivity contribution in [2.75, 3.05) is 32.1 Å². The van der Waals surface area contributed by atoms with E-state index in [1.165, 1.54) is 12.1 Å². The van der Waals surface area contributed by atoms with Gasteiger partial charge in [0.15, 0.2) is 0 Å². The van der Waals surface area contributed by atoms with Gasteiger partial charge in [0.1, 0.15) is 11.4 Å². The molecule has 1 heterocycles. The summed E-state index contributed by atoms with van der Waals surface area (Å²) in [7, 11) is 1.12. The van der Waals surface area contributed by atoms with Gasteiger partial charge in [0.25, 0.3) is 17.5 Å². The van der Waals surface area contributed by atoms with E-state index in [-0.39, 0.29) is 42.2 Å². The van der Waals surface area contributed by atoms with Gasteiger partial charge in [0.05, 0.1) is 36.3 Å². The van der Waals surface area contributed by atoms with Crippen molar-refractivity contribution >= 4 is 29.2 Å². The number of nitrogens with two attached hydrogens (primary N) is 1. The van der Waals surface area contributed by atoms with E-state index in [0.29, 0.717) is 0 Å². The Labute approximate surface area is 147 Å². The number of para-hydroxylation sites is 1. The number of methoxy groups -OCH3 is 1. The third-order valence-electron chi connectivity index (χ3n) is 3.71. The lowest BCUT2D eigenvalue weighted by molar-refractivity contribution is -0.383. The summed E-state index contributed by atoms with van der Waals surface area (Å²) in [6.07, 6.45) is 0. The molecule has 1 aromatic rings. The molecule has 0 aliphatic carbocycles. The van der Waals surface area contributed by atoms with Gasteiger partial charge in [-0.2, -0.15) is 0 Å². The minimum Gasteiger partial charge on any atom is -0.466 e. The minimum absolute atomic E-state index is 0.0515. The molecule has 11 nitrogen and oxygen atoms in total. The molecule has 0 saturated carbocycles. The Morgan fingerprint density at radius 2 is 2.15 bits per heavy atom. The Balaban J connectivity index is 2.57. The number of primary amides is 1. The van der Waals surface area contributed by atoms with Gasteiger partial charge in [-0.3, -0.25) is 19.7 Å². The number of nitrogens with zero attached hydrogens (tertiary/aromatic N) is 2. The molecule has 4 N–H and O–H groups in total. The highest BCUT2D eigenvalue weighted by Crippen LogP contribution is 2.32. The van der Waals surface area contributed by atoms with Crippen LogP contribution < -0.4 is 11.1 Å². The molecule has 0 radical (unpaired) electrons. The van der Waals surface area contributed by atoms with Crippen molar-refractivity contribution in [3.63, 3.8) is 0 Å². The fourth-order valence-electron chi connectivity index (χ4n) is 2.50. The van der Waals surface area contributed by atoms with Crippen molar-refractivity contribution in [3.8, 4) is 0 Å². The lowest BCUT2D eigenvalue weighted by Gasteiger charge is -2.15. The van der Waals surface area contributed by atoms with Crippen LogP contribution in [-0.2, 0) is 14.3 Å². The highest BCUT2D eigenvalue weighted by Gasteiger charge is 2.36. The highest BCUT2D eigenvalue weighted by molar-refractivity contribution is 6.10. The molecular weight excluding hydrogens is 348 g/mol. The maximum absolute atomic E-state index is 12.5. The van der Waals surface area contributed by atoms with Crippen LogP contribution in [-0.4, -0.2) is 59.5 Å². The number of nitro benzene ring substituents is 1. The van der Waals surface area contributed by atoms with E-state index in [0.717, 1.165) is 18.1 Å². The predicted octanol–water partition coefficient (Wildman–Crippen LogP) is -0.633. The second-order valence-electron chi connectivity index (χ2n) is 5.24. The number of esters is 1. The first-order valence-corrected chi connectivity index (χ1v) is 7.37. The molecule has 0 unspecified atom stereocenters. The van der Waals surface area contributed by atoms with Gasteiger partial charge in [0.2, 0.25) is 0 Å². The Bertz CT molecular complexity index is 786. The number of carbonyl (C=O) groups is 3. The first-order chi connectivity index (χ1) is 12.3. The van der Waals surface area contributed by atoms with Gasteiger partial charge in [0, 0.05) is 12.6 Å². The highest BCUT2D eigenvalue weighted by atomic mass is 16.6. The minimum atomic E-state index is -0.950. The van der Waals surface area contributed by atoms with E-state index >= 15 is 0 Å². The third-order valence-corrected chi connectivity index (χ3v) is 3.71. The fraction of sp³-hybridized carbons (Fsp3) is 0.267. The lowest BCUT2D eigenvalue weighted by atomic mass is 10.1. The van der Waals surface area contributed by atoms with E-state index in [2.05, 4.69) is 10.1 Å². The largest absolute Gasteiger partial charge is 0.466 e. The first kappa shape index (κ1) is 18.9. The van der Waals surface area contributed by atoms with Gasteiger partial charge < -0.3 is 25.8 Å². The maximum Gasteiger partial charge on any atom is 0.337 e. The Kier molecular flexibility index (Phi) is 5.52. The number of nitro groups is 1. The van der Waals surface area contributed by atoms with Gasteiger partial charge in [-0.25, -0.2) is 4.79 Å². The van der Waals surface area contributed by atoms with E-state index in [4.69, 9.17) is 10.8 Å². The van der Waals surface area contributed by atoms with Crippen molar-refractivity contribution in [2.24, 2.45) is 5.73 Å². The fourth-order valence-corrected chi connectivity index (χ4v) is 2.50. The number of aliphatic hydroxyl groups is 1. The van der Waals surface area contributed by atoms with Crippen LogP contribution in [0.5, 0.6) is 0 Å². The first-order valence-electron chi connectivity index (χ1n) is 7.37. The zero-order valence-corrected chi connectivity index (χ0v) is 13.7. The molecule has 0 aromatic heterocycles. The van der Waals surface area contributed by atoms with Gasteiger partial charge in [-0.15, -0.1) is 0 Å². The van der Waals surface area contributed by atoms with Crippen molar-refractivity contribution in [1.82, 2.24) is 4.90 Å². The zero-order valence-electron chi connectivity index (χ0n) is 13.7. The number of β-amino-alcohol motifs (C(OH)–C–C–N with tert-alkyl or cyclic N) is 1. The SMILES string of the molecule is COC(=O)C1=C(Nc2c(C(N)=O)cccc2[N+](=O)[O-])C(=O)N(CCO)C1. The molecule has 0 fully saturated rings. The van der Waals surface area contributed by atoms with E-state index in [1.54, 1.807) is 0 Å². The number of ether oxygens (including phenoxy) is 1. The molecule has 2 amide bonds. The van der Waals surface area contributed by atoms with Crippen molar-refractivity contribution in [3.05, 3.63) is 45.1 Å². The number of anilines is 1. The normalized spacial score (nSPS) is 13.8. The van der Waals surface area contributed by atoms with Crippen LogP contribution in [0.25, 0.3) is 0 Å². The zero-order chi connectivity index (χ0) is 19.4. The molecule has 0 spiro atoms. The summed E-state index contributed by atoms with van der Waals surface area (Å²) in [6.45, 7) is -0.545. The molecule has 26 heavy (non-hydrogen) atoms. The summed E-state index contributed by atoms with van der Waals surface area (Å²) >= 11 is 0. The van der Waals surface area contributed by atoms with Crippen LogP contribution in [0.2, 0.25) is 0 Å². The number of hydrogen-bond acceptors (Lipinski definition) is 8. The van der Waals surface area contributed by atoms with Gasteiger partial charge in [-0.1, -0.05) is 6.07 Å². The topological polar surface area (TPSA) is 165 Å². The number of nitrogens with one attached hydrogen (secondary N) is 1. The number of aliphatic hydroxyl groups excluding tert-OH is 1. The number of benzene rings is 1. The number of hydrogen-bond donors (Lipinski definition) is 3. The van der Waals surface area contributed by atoms with Crippen LogP contribution in [0.3, 0.4) is 0 Å². The summed E-state index contributed by atoms with van der Waals surface area (Å²) in [6, 6.07) is 3.65. The monoisotopic (exact) mass is 364 g/mol. The Morgan fingerprint density at radius 1 is 1.46 bits per heavy atom. The smallest absolute Gasteiger partial charge is 0.337 e. The molecular formula is C15H16N4O7. The lowest BCUT2D eigenvalue weighted by Crippen LogP contribution is -2.31. The number of carbonyl (C=O) groups excluding carboxylic acids is 3. The standard InChI is InChI=1S/C15H16N4O7/c1-26-15(23)9-7-18(5-6-20)14(22)12(9)17-11-8(13(16)21)3-2-4-10(11)19(24)25/h2-4,17,20H,5-7H2,1H3,(H2,16,21). The van der Waals surface area contributed by atoms with Crippen LogP contribution in [0, 0.1) is 10.1 Å². The molecule has 0 saturated heterocycles. The molecule has 138 valence electrons. The summed E-state index contributed by atoms with van der Waals surface area (Å²) in [5, 5.41) is 22.8. The molecule has 1 aliphatic heterocycles. The number of amides is 2. The molecule has 0 atom stereocenters. The molecule has 11 heteroatoms. The molecule has 1 aromatic carbocycles. The Hall–Kier alpha value is -3.47. The average Bonchev–Trinajstić information content (AvgIpc) is 2.90. The second-order valence-corrected chi connectivity index (χ2v) is 5.24. The van der Waals surface area contributed by atoms with Gasteiger partial charge >= 0.3 is 5.97 Å².